The van der Waals surface area contributed by atoms with E-state index in [4.69, 9.17) is 9.72 Å². The van der Waals surface area contributed by atoms with Gasteiger partial charge in [-0.3, -0.25) is 0 Å². The SMILES string of the molecule is COc1ccc2nc(C3NCCCC3(C)C)sc2c1. The number of hydrogen-bond acceptors (Lipinski definition) is 4. The van der Waals surface area contributed by atoms with Crippen LogP contribution in [-0.4, -0.2) is 18.6 Å². The molecule has 1 aromatic carbocycles. The van der Waals surface area contributed by atoms with Crippen LogP contribution in [0.15, 0.2) is 18.2 Å². The zero-order chi connectivity index (χ0) is 13.5. The Morgan fingerprint density at radius 2 is 2.26 bits per heavy atom. The summed E-state index contributed by atoms with van der Waals surface area (Å²) >= 11 is 1.78. The summed E-state index contributed by atoms with van der Waals surface area (Å²) in [4.78, 5) is 4.81. The first-order valence-corrected chi connectivity index (χ1v) is 7.60. The van der Waals surface area contributed by atoms with Gasteiger partial charge in [0.1, 0.15) is 10.8 Å². The second-order valence-corrected chi connectivity index (χ2v) is 6.93. The number of aromatic nitrogens is 1. The summed E-state index contributed by atoms with van der Waals surface area (Å²) < 4.78 is 6.49. The van der Waals surface area contributed by atoms with Crippen LogP contribution in [0.2, 0.25) is 0 Å². The van der Waals surface area contributed by atoms with Crippen LogP contribution < -0.4 is 10.1 Å². The first-order valence-electron chi connectivity index (χ1n) is 6.78. The van der Waals surface area contributed by atoms with Crippen LogP contribution in [-0.2, 0) is 0 Å². The van der Waals surface area contributed by atoms with Crippen molar-refractivity contribution in [2.24, 2.45) is 5.41 Å². The average molecular weight is 276 g/mol. The predicted octanol–water partition coefficient (Wildman–Crippen LogP) is 3.76. The number of hydrogen-bond donors (Lipinski definition) is 1. The molecule has 1 aromatic heterocycles. The highest BCUT2D eigenvalue weighted by molar-refractivity contribution is 7.18. The molecule has 1 saturated heterocycles. The Hall–Kier alpha value is -1.13. The molecular weight excluding hydrogens is 256 g/mol. The van der Waals surface area contributed by atoms with Crippen LogP contribution in [0, 0.1) is 5.41 Å². The van der Waals surface area contributed by atoms with Crippen LogP contribution in [0.25, 0.3) is 10.2 Å². The van der Waals surface area contributed by atoms with E-state index in [9.17, 15) is 0 Å². The maximum atomic E-state index is 5.28. The number of thiazole rings is 1. The Morgan fingerprint density at radius 3 is 3.00 bits per heavy atom. The van der Waals surface area contributed by atoms with Crippen molar-refractivity contribution in [3.8, 4) is 5.75 Å². The molecule has 1 N–H and O–H groups in total. The van der Waals surface area contributed by atoms with E-state index in [-0.39, 0.29) is 5.41 Å². The van der Waals surface area contributed by atoms with Gasteiger partial charge in [-0.1, -0.05) is 13.8 Å². The maximum Gasteiger partial charge on any atom is 0.120 e. The van der Waals surface area contributed by atoms with Gasteiger partial charge in [-0.05, 0) is 43.0 Å². The van der Waals surface area contributed by atoms with Gasteiger partial charge in [0.05, 0.1) is 23.4 Å². The van der Waals surface area contributed by atoms with E-state index in [0.29, 0.717) is 6.04 Å². The standard InChI is InChI=1S/C15H20N2OS/c1-15(2)7-4-8-16-13(15)14-17-11-6-5-10(18-3)9-12(11)19-14/h5-6,9,13,16H,4,7-8H2,1-3H3. The topological polar surface area (TPSA) is 34.1 Å². The minimum atomic E-state index is 0.274. The van der Waals surface area contributed by atoms with E-state index in [1.807, 2.05) is 12.1 Å². The predicted molar refractivity (Wildman–Crippen MR) is 79.9 cm³/mol. The van der Waals surface area contributed by atoms with Crippen LogP contribution >= 0.6 is 11.3 Å². The third-order valence-corrected chi connectivity index (χ3v) is 5.07. The second-order valence-electron chi connectivity index (χ2n) is 5.87. The molecule has 102 valence electrons. The van der Waals surface area contributed by atoms with E-state index < -0.39 is 0 Å². The third-order valence-electron chi connectivity index (χ3n) is 3.99. The highest BCUT2D eigenvalue weighted by Gasteiger charge is 2.35. The Bertz CT molecular complexity index is 591. The lowest BCUT2D eigenvalue weighted by Gasteiger charge is -2.38. The molecule has 19 heavy (non-hydrogen) atoms. The van der Waals surface area contributed by atoms with Crippen molar-refractivity contribution in [2.45, 2.75) is 32.7 Å². The molecular formula is C15H20N2OS. The number of rotatable bonds is 2. The molecule has 0 amide bonds. The minimum Gasteiger partial charge on any atom is -0.497 e. The van der Waals surface area contributed by atoms with E-state index in [1.165, 1.54) is 22.5 Å². The summed E-state index contributed by atoms with van der Waals surface area (Å²) in [7, 11) is 1.70. The quantitative estimate of drug-likeness (QED) is 0.907. The molecule has 0 aliphatic carbocycles. The molecule has 3 rings (SSSR count). The summed E-state index contributed by atoms with van der Waals surface area (Å²) in [5.74, 6) is 0.901. The van der Waals surface area contributed by atoms with Gasteiger partial charge in [0.15, 0.2) is 0 Å². The summed E-state index contributed by atoms with van der Waals surface area (Å²) in [6.45, 7) is 5.75. The molecule has 1 unspecified atom stereocenters. The number of benzene rings is 1. The van der Waals surface area contributed by atoms with Gasteiger partial charge in [0.25, 0.3) is 0 Å². The fourth-order valence-electron chi connectivity index (χ4n) is 2.81. The zero-order valence-electron chi connectivity index (χ0n) is 11.7. The van der Waals surface area contributed by atoms with Gasteiger partial charge < -0.3 is 10.1 Å². The van der Waals surface area contributed by atoms with Crippen molar-refractivity contribution >= 4 is 21.6 Å². The average Bonchev–Trinajstić information content (AvgIpc) is 2.80. The summed E-state index contributed by atoms with van der Waals surface area (Å²) in [6.07, 6.45) is 2.51. The number of methoxy groups -OCH3 is 1. The first kappa shape index (κ1) is 12.9. The minimum absolute atomic E-state index is 0.274. The van der Waals surface area contributed by atoms with Crippen LogP contribution in [0.1, 0.15) is 37.7 Å². The van der Waals surface area contributed by atoms with Gasteiger partial charge >= 0.3 is 0 Å². The lowest BCUT2D eigenvalue weighted by molar-refractivity contribution is 0.181. The summed E-state index contributed by atoms with van der Waals surface area (Å²) in [5, 5.41) is 4.83. The lowest BCUT2D eigenvalue weighted by atomic mass is 9.78. The molecule has 2 heterocycles. The highest BCUT2D eigenvalue weighted by Crippen LogP contribution is 2.42. The fourth-order valence-corrected chi connectivity index (χ4v) is 4.09. The van der Waals surface area contributed by atoms with Gasteiger partial charge in [-0.25, -0.2) is 4.98 Å². The Balaban J connectivity index is 2.00. The van der Waals surface area contributed by atoms with Crippen molar-refractivity contribution in [1.29, 1.82) is 0 Å². The molecule has 2 aromatic rings. The Kier molecular flexibility index (Phi) is 3.23. The van der Waals surface area contributed by atoms with E-state index >= 15 is 0 Å². The fraction of sp³-hybridized carbons (Fsp3) is 0.533. The molecule has 0 saturated carbocycles. The largest absolute Gasteiger partial charge is 0.497 e. The molecule has 0 spiro atoms. The van der Waals surface area contributed by atoms with Gasteiger partial charge in [-0.2, -0.15) is 0 Å². The smallest absolute Gasteiger partial charge is 0.120 e. The van der Waals surface area contributed by atoms with Gasteiger partial charge in [0, 0.05) is 0 Å². The Labute approximate surface area is 118 Å². The molecule has 1 fully saturated rings. The van der Waals surface area contributed by atoms with Crippen molar-refractivity contribution in [2.75, 3.05) is 13.7 Å². The molecule has 1 atom stereocenters. The molecule has 0 radical (unpaired) electrons. The summed E-state index contributed by atoms with van der Waals surface area (Å²) in [5.41, 5.74) is 1.35. The number of fused-ring (bicyclic) bond motifs is 1. The van der Waals surface area contributed by atoms with Crippen LogP contribution in [0.3, 0.4) is 0 Å². The van der Waals surface area contributed by atoms with Crippen molar-refractivity contribution < 1.29 is 4.74 Å². The maximum absolute atomic E-state index is 5.28. The number of nitrogens with zero attached hydrogens (tertiary/aromatic N) is 1. The molecule has 0 bridgehead atoms. The molecule has 1 aliphatic heterocycles. The number of piperidine rings is 1. The normalized spacial score (nSPS) is 22.6. The monoisotopic (exact) mass is 276 g/mol. The number of ether oxygens (including phenoxy) is 1. The molecule has 1 aliphatic rings. The summed E-state index contributed by atoms with van der Waals surface area (Å²) in [6, 6.07) is 6.46. The van der Waals surface area contributed by atoms with Crippen LogP contribution in [0.5, 0.6) is 5.75 Å². The van der Waals surface area contributed by atoms with E-state index in [1.54, 1.807) is 18.4 Å². The highest BCUT2D eigenvalue weighted by atomic mass is 32.1. The van der Waals surface area contributed by atoms with Crippen LogP contribution in [0.4, 0.5) is 0 Å². The van der Waals surface area contributed by atoms with Crippen molar-refractivity contribution in [3.05, 3.63) is 23.2 Å². The first-order chi connectivity index (χ1) is 9.10. The molecule has 3 nitrogen and oxygen atoms in total. The van der Waals surface area contributed by atoms with Gasteiger partial charge in [0.2, 0.25) is 0 Å². The lowest BCUT2D eigenvalue weighted by Crippen LogP contribution is -2.39. The Morgan fingerprint density at radius 1 is 1.42 bits per heavy atom. The third kappa shape index (κ3) is 2.35. The zero-order valence-corrected chi connectivity index (χ0v) is 12.5. The van der Waals surface area contributed by atoms with E-state index in [2.05, 4.69) is 25.2 Å². The molecule has 4 heteroatoms. The van der Waals surface area contributed by atoms with Gasteiger partial charge in [-0.15, -0.1) is 11.3 Å². The van der Waals surface area contributed by atoms with Crippen molar-refractivity contribution in [3.63, 3.8) is 0 Å². The second kappa shape index (κ2) is 4.76. The van der Waals surface area contributed by atoms with E-state index in [0.717, 1.165) is 17.8 Å². The number of nitrogens with one attached hydrogen (secondary N) is 1. The van der Waals surface area contributed by atoms with Crippen molar-refractivity contribution in [1.82, 2.24) is 10.3 Å².